The molecule has 0 spiro atoms. The molecular weight excluding hydrogens is 444 g/mol. The number of amides is 1. The third-order valence-corrected chi connectivity index (χ3v) is 10.1. The lowest BCUT2D eigenvalue weighted by atomic mass is 10.4. The van der Waals surface area contributed by atoms with Gasteiger partial charge in [-0.15, -0.1) is 0 Å². The Morgan fingerprint density at radius 1 is 0.806 bits per heavy atom. The number of aromatic nitrogens is 1. The zero-order chi connectivity index (χ0) is 22.2. The van der Waals surface area contributed by atoms with Gasteiger partial charge in [0.2, 0.25) is 10.0 Å². The summed E-state index contributed by atoms with van der Waals surface area (Å²) >= 11 is 0. The summed E-state index contributed by atoms with van der Waals surface area (Å²) in [5, 5.41) is 0. The van der Waals surface area contributed by atoms with Gasteiger partial charge in [-0.3, -0.25) is 4.79 Å². The molecule has 0 saturated carbocycles. The van der Waals surface area contributed by atoms with Crippen LogP contribution in [-0.2, 0) is 20.2 Å². The topological polar surface area (TPSA) is 117 Å². The van der Waals surface area contributed by atoms with Crippen molar-refractivity contribution < 1.29 is 21.6 Å². The van der Waals surface area contributed by atoms with Gasteiger partial charge in [0.25, 0.3) is 16.1 Å². The van der Waals surface area contributed by atoms with Gasteiger partial charge in [0.15, 0.2) is 0 Å². The lowest BCUT2D eigenvalue weighted by Gasteiger charge is -2.38. The molecule has 31 heavy (non-hydrogen) atoms. The molecule has 0 aliphatic carbocycles. The van der Waals surface area contributed by atoms with Crippen LogP contribution in [0.5, 0.6) is 0 Å². The number of nitrogens with one attached hydrogen (secondary N) is 1. The van der Waals surface area contributed by atoms with E-state index in [0.717, 1.165) is 12.8 Å². The lowest BCUT2D eigenvalue weighted by Crippen LogP contribution is -2.57. The summed E-state index contributed by atoms with van der Waals surface area (Å²) in [5.41, 5.74) is 0.261. The molecule has 1 N–H and O–H groups in total. The Morgan fingerprint density at radius 3 is 1.90 bits per heavy atom. The molecule has 3 fully saturated rings. The summed E-state index contributed by atoms with van der Waals surface area (Å²) in [6.45, 7) is 3.98. The highest BCUT2D eigenvalue weighted by Crippen LogP contribution is 2.22. The van der Waals surface area contributed by atoms with Crippen molar-refractivity contribution in [2.75, 3.05) is 72.5 Å². The Kier molecular flexibility index (Phi) is 6.43. The largest absolute Gasteiger partial charge is 0.356 e. The molecule has 4 rings (SSSR count). The number of likely N-dealkylation sites (tertiary alicyclic amines) is 1. The van der Waals surface area contributed by atoms with E-state index in [-0.39, 0.29) is 42.7 Å². The lowest BCUT2D eigenvalue weighted by molar-refractivity contribution is 0.0787. The van der Waals surface area contributed by atoms with Crippen molar-refractivity contribution >= 4 is 26.1 Å². The van der Waals surface area contributed by atoms with Crippen LogP contribution < -0.4 is 0 Å². The minimum Gasteiger partial charge on any atom is -0.356 e. The molecule has 0 aromatic carbocycles. The van der Waals surface area contributed by atoms with Gasteiger partial charge in [-0.2, -0.15) is 21.3 Å². The summed E-state index contributed by atoms with van der Waals surface area (Å²) in [7, 11) is -5.45. The van der Waals surface area contributed by atoms with Gasteiger partial charge in [-0.25, -0.2) is 8.42 Å². The van der Waals surface area contributed by atoms with Crippen molar-refractivity contribution in [3.05, 3.63) is 18.0 Å². The molecule has 3 aliphatic heterocycles. The number of sulfonamides is 1. The van der Waals surface area contributed by atoms with Gasteiger partial charge >= 0.3 is 0 Å². The standard InChI is InChI=1S/C18H30N6O5S2/c1-20-6-8-23(9-7-20)31(28,29)24-12-10-22(11-13-24)30(26,27)16-14-17(19-15-16)18(25)21-4-2-3-5-21/h14-15,19H,2-13H2,1H3. The van der Waals surface area contributed by atoms with E-state index in [2.05, 4.69) is 9.88 Å². The highest BCUT2D eigenvalue weighted by Gasteiger charge is 2.37. The molecule has 0 unspecified atom stereocenters. The second kappa shape index (κ2) is 8.79. The Bertz CT molecular complexity index is 1000. The number of rotatable bonds is 5. The van der Waals surface area contributed by atoms with Crippen molar-refractivity contribution in [1.82, 2.24) is 27.7 Å². The number of H-pyrrole nitrogens is 1. The van der Waals surface area contributed by atoms with Crippen LogP contribution in [0.1, 0.15) is 23.3 Å². The van der Waals surface area contributed by atoms with E-state index in [4.69, 9.17) is 0 Å². The van der Waals surface area contributed by atoms with Crippen LogP contribution in [0.4, 0.5) is 0 Å². The van der Waals surface area contributed by atoms with Gasteiger partial charge in [0, 0.05) is 71.6 Å². The molecule has 13 heteroatoms. The van der Waals surface area contributed by atoms with Crippen LogP contribution in [0.3, 0.4) is 0 Å². The van der Waals surface area contributed by atoms with Crippen molar-refractivity contribution in [2.45, 2.75) is 17.7 Å². The third kappa shape index (κ3) is 4.52. The molecule has 0 bridgehead atoms. The Hall–Kier alpha value is -1.51. The number of piperazine rings is 2. The van der Waals surface area contributed by atoms with Crippen LogP contribution in [0.15, 0.2) is 17.2 Å². The summed E-state index contributed by atoms with van der Waals surface area (Å²) < 4.78 is 56.0. The average Bonchev–Trinajstić information content (AvgIpc) is 3.46. The Balaban J connectivity index is 1.39. The quantitative estimate of drug-likeness (QED) is 0.588. The summed E-state index contributed by atoms with van der Waals surface area (Å²) in [5.74, 6) is -0.193. The first-order chi connectivity index (χ1) is 14.7. The van der Waals surface area contributed by atoms with Crippen molar-refractivity contribution in [3.8, 4) is 0 Å². The fourth-order valence-corrected chi connectivity index (χ4v) is 7.20. The number of likely N-dealkylation sites (N-methyl/N-ethyl adjacent to an activating group) is 1. The Morgan fingerprint density at radius 2 is 1.32 bits per heavy atom. The van der Waals surface area contributed by atoms with E-state index < -0.39 is 20.2 Å². The van der Waals surface area contributed by atoms with Crippen LogP contribution in [0, 0.1) is 0 Å². The van der Waals surface area contributed by atoms with Gasteiger partial charge in [0.05, 0.1) is 0 Å². The maximum absolute atomic E-state index is 13.0. The number of aromatic amines is 1. The highest BCUT2D eigenvalue weighted by molar-refractivity contribution is 7.89. The number of nitrogens with zero attached hydrogens (tertiary/aromatic N) is 5. The maximum Gasteiger partial charge on any atom is 0.282 e. The SMILES string of the molecule is CN1CCN(S(=O)(=O)N2CCN(S(=O)(=O)c3c[nH]c(C(=O)N4CCCC4)c3)CC2)CC1. The van der Waals surface area contributed by atoms with Crippen LogP contribution in [0.25, 0.3) is 0 Å². The predicted molar refractivity (Wildman–Crippen MR) is 114 cm³/mol. The third-order valence-electron chi connectivity index (χ3n) is 6.23. The molecule has 3 aliphatic rings. The van der Waals surface area contributed by atoms with Crippen LogP contribution >= 0.6 is 0 Å². The molecule has 1 amide bonds. The number of carbonyl (C=O) groups excluding carboxylic acids is 1. The summed E-state index contributed by atoms with van der Waals surface area (Å²) in [6, 6.07) is 1.38. The van der Waals surface area contributed by atoms with Crippen LogP contribution in [0.2, 0.25) is 0 Å². The summed E-state index contributed by atoms with van der Waals surface area (Å²) in [6.07, 6.45) is 3.25. The fourth-order valence-electron chi connectivity index (χ4n) is 4.21. The molecule has 0 radical (unpaired) electrons. The molecule has 3 saturated heterocycles. The van der Waals surface area contributed by atoms with Crippen molar-refractivity contribution in [3.63, 3.8) is 0 Å². The molecule has 174 valence electrons. The van der Waals surface area contributed by atoms with Crippen LogP contribution in [-0.4, -0.2) is 123 Å². The predicted octanol–water partition coefficient (Wildman–Crippen LogP) is -0.951. The van der Waals surface area contributed by atoms with Gasteiger partial charge in [-0.1, -0.05) is 0 Å². The van der Waals surface area contributed by atoms with Crippen molar-refractivity contribution in [1.29, 1.82) is 0 Å². The maximum atomic E-state index is 13.0. The molecule has 11 nitrogen and oxygen atoms in total. The summed E-state index contributed by atoms with van der Waals surface area (Å²) in [4.78, 5) is 19.1. The van der Waals surface area contributed by atoms with Gasteiger partial charge in [0.1, 0.15) is 10.6 Å². The van der Waals surface area contributed by atoms with Gasteiger partial charge < -0.3 is 14.8 Å². The minimum absolute atomic E-state index is 0.0328. The smallest absolute Gasteiger partial charge is 0.282 e. The van der Waals surface area contributed by atoms with E-state index in [9.17, 15) is 21.6 Å². The first-order valence-corrected chi connectivity index (χ1v) is 13.4. The highest BCUT2D eigenvalue weighted by atomic mass is 32.2. The first-order valence-electron chi connectivity index (χ1n) is 10.6. The molecule has 1 aromatic heterocycles. The molecule has 4 heterocycles. The van der Waals surface area contributed by atoms with E-state index in [0.29, 0.717) is 39.3 Å². The van der Waals surface area contributed by atoms with E-state index in [1.807, 2.05) is 7.05 Å². The van der Waals surface area contributed by atoms with Crippen molar-refractivity contribution in [2.24, 2.45) is 0 Å². The molecule has 0 atom stereocenters. The number of hydrogen-bond acceptors (Lipinski definition) is 6. The second-order valence-corrected chi connectivity index (χ2v) is 12.1. The molecular formula is C18H30N6O5S2. The van der Waals surface area contributed by atoms with Gasteiger partial charge in [-0.05, 0) is 26.0 Å². The number of hydrogen-bond donors (Lipinski definition) is 1. The second-order valence-electron chi connectivity index (χ2n) is 8.26. The first kappa shape index (κ1) is 22.7. The van der Waals surface area contributed by atoms with E-state index in [1.165, 1.54) is 25.2 Å². The number of carbonyl (C=O) groups is 1. The van der Waals surface area contributed by atoms with E-state index in [1.54, 1.807) is 4.90 Å². The monoisotopic (exact) mass is 474 g/mol. The van der Waals surface area contributed by atoms with E-state index >= 15 is 0 Å². The fraction of sp³-hybridized carbons (Fsp3) is 0.722. The zero-order valence-electron chi connectivity index (χ0n) is 17.7. The Labute approximate surface area is 183 Å². The normalized spacial score (nSPS) is 23.5. The minimum atomic E-state index is -3.81. The molecule has 1 aromatic rings. The average molecular weight is 475 g/mol. The zero-order valence-corrected chi connectivity index (χ0v) is 19.4.